The monoisotopic (exact) mass is 636 g/mol. The molecule has 0 aliphatic heterocycles. The SMILES string of the molecule is c1ccc(-c2ccc3c(-c4cc5oc6ccccc6c5c5ccccc45)c4ccccc4c(-c4ccc5c(c4)oc4ccccc45)c3c2)cc1. The molecule has 50 heavy (non-hydrogen) atoms. The van der Waals surface area contributed by atoms with Gasteiger partial charge in [0.05, 0.1) is 0 Å². The maximum Gasteiger partial charge on any atom is 0.136 e. The molecular formula is C48H28O2. The highest BCUT2D eigenvalue weighted by Crippen LogP contribution is 2.49. The van der Waals surface area contributed by atoms with Gasteiger partial charge in [-0.1, -0.05) is 133 Å². The van der Waals surface area contributed by atoms with Crippen molar-refractivity contribution in [2.75, 3.05) is 0 Å². The third kappa shape index (κ3) is 3.90. The van der Waals surface area contributed by atoms with Crippen LogP contribution in [0.15, 0.2) is 179 Å². The minimum Gasteiger partial charge on any atom is -0.456 e. The molecule has 0 aliphatic carbocycles. The highest BCUT2D eigenvalue weighted by molar-refractivity contribution is 6.28. The van der Waals surface area contributed by atoms with Crippen LogP contribution in [-0.2, 0) is 0 Å². The van der Waals surface area contributed by atoms with Gasteiger partial charge < -0.3 is 8.83 Å². The van der Waals surface area contributed by atoms with E-state index in [9.17, 15) is 0 Å². The van der Waals surface area contributed by atoms with Gasteiger partial charge in [0.15, 0.2) is 0 Å². The molecule has 0 saturated heterocycles. The van der Waals surface area contributed by atoms with E-state index in [0.717, 1.165) is 49.4 Å². The predicted octanol–water partition coefficient (Wildman–Crippen LogP) is 13.9. The molecule has 2 nitrogen and oxygen atoms in total. The van der Waals surface area contributed by atoms with E-state index in [1.54, 1.807) is 0 Å². The van der Waals surface area contributed by atoms with E-state index in [1.807, 2.05) is 18.2 Å². The van der Waals surface area contributed by atoms with Gasteiger partial charge in [-0.05, 0) is 102 Å². The summed E-state index contributed by atoms with van der Waals surface area (Å²) in [6.07, 6.45) is 0. The second kappa shape index (κ2) is 10.4. The van der Waals surface area contributed by atoms with Gasteiger partial charge in [-0.15, -0.1) is 0 Å². The fraction of sp³-hybridized carbons (Fsp3) is 0. The van der Waals surface area contributed by atoms with Crippen molar-refractivity contribution in [1.29, 1.82) is 0 Å². The molecule has 2 heteroatoms. The Labute approximate surface area is 287 Å². The molecule has 232 valence electrons. The fourth-order valence-electron chi connectivity index (χ4n) is 8.27. The van der Waals surface area contributed by atoms with Crippen LogP contribution in [0, 0.1) is 0 Å². The van der Waals surface area contributed by atoms with Crippen LogP contribution in [0.25, 0.3) is 110 Å². The Hall–Kier alpha value is -6.64. The molecular weight excluding hydrogens is 609 g/mol. The molecule has 0 bridgehead atoms. The molecule has 9 aromatic carbocycles. The highest BCUT2D eigenvalue weighted by atomic mass is 16.3. The number of hydrogen-bond acceptors (Lipinski definition) is 2. The van der Waals surface area contributed by atoms with Crippen molar-refractivity contribution in [3.63, 3.8) is 0 Å². The minimum absolute atomic E-state index is 0.894. The van der Waals surface area contributed by atoms with Crippen LogP contribution in [0.2, 0.25) is 0 Å². The highest BCUT2D eigenvalue weighted by Gasteiger charge is 2.22. The van der Waals surface area contributed by atoms with Crippen LogP contribution in [0.1, 0.15) is 0 Å². The number of benzene rings is 9. The Kier molecular flexibility index (Phi) is 5.70. The van der Waals surface area contributed by atoms with Crippen LogP contribution in [-0.4, -0.2) is 0 Å². The lowest BCUT2D eigenvalue weighted by atomic mass is 9.83. The van der Waals surface area contributed by atoms with Gasteiger partial charge in [-0.25, -0.2) is 0 Å². The number of furan rings is 2. The average Bonchev–Trinajstić information content (AvgIpc) is 3.75. The Morgan fingerprint density at radius 1 is 0.260 bits per heavy atom. The van der Waals surface area contributed by atoms with Crippen molar-refractivity contribution in [3.8, 4) is 33.4 Å². The lowest BCUT2D eigenvalue weighted by Crippen LogP contribution is -1.93. The maximum atomic E-state index is 6.57. The summed E-state index contributed by atoms with van der Waals surface area (Å²) in [7, 11) is 0. The second-order valence-electron chi connectivity index (χ2n) is 13.2. The first kappa shape index (κ1) is 27.3. The zero-order valence-electron chi connectivity index (χ0n) is 27.0. The molecule has 0 atom stereocenters. The fourth-order valence-corrected chi connectivity index (χ4v) is 8.27. The Balaban J connectivity index is 1.29. The summed E-state index contributed by atoms with van der Waals surface area (Å²) in [6, 6.07) is 60.9. The van der Waals surface area contributed by atoms with Crippen LogP contribution in [0.4, 0.5) is 0 Å². The van der Waals surface area contributed by atoms with Crippen molar-refractivity contribution in [1.82, 2.24) is 0 Å². The molecule has 0 radical (unpaired) electrons. The van der Waals surface area contributed by atoms with Crippen molar-refractivity contribution in [2.45, 2.75) is 0 Å². The van der Waals surface area contributed by atoms with Gasteiger partial charge in [0.25, 0.3) is 0 Å². The predicted molar refractivity (Wildman–Crippen MR) is 210 cm³/mol. The first-order chi connectivity index (χ1) is 24.8. The quantitative estimate of drug-likeness (QED) is 0.180. The summed E-state index contributed by atoms with van der Waals surface area (Å²) in [5.41, 5.74) is 10.7. The molecule has 2 aromatic heterocycles. The first-order valence-corrected chi connectivity index (χ1v) is 17.1. The van der Waals surface area contributed by atoms with Gasteiger partial charge in [0.2, 0.25) is 0 Å². The van der Waals surface area contributed by atoms with Crippen LogP contribution >= 0.6 is 0 Å². The normalized spacial score (nSPS) is 12.0. The first-order valence-electron chi connectivity index (χ1n) is 17.1. The summed E-state index contributed by atoms with van der Waals surface area (Å²) in [6.45, 7) is 0. The molecule has 0 N–H and O–H groups in total. The van der Waals surface area contributed by atoms with Gasteiger partial charge in [0.1, 0.15) is 22.3 Å². The third-order valence-electron chi connectivity index (χ3n) is 10.5. The molecule has 0 aliphatic rings. The zero-order chi connectivity index (χ0) is 32.8. The van der Waals surface area contributed by atoms with Crippen molar-refractivity contribution in [3.05, 3.63) is 170 Å². The molecule has 11 rings (SSSR count). The van der Waals surface area contributed by atoms with Crippen LogP contribution in [0.3, 0.4) is 0 Å². The smallest absolute Gasteiger partial charge is 0.136 e. The Morgan fingerprint density at radius 3 is 1.60 bits per heavy atom. The number of hydrogen-bond donors (Lipinski definition) is 0. The average molecular weight is 637 g/mol. The van der Waals surface area contributed by atoms with Gasteiger partial charge >= 0.3 is 0 Å². The van der Waals surface area contributed by atoms with Gasteiger partial charge in [-0.2, -0.15) is 0 Å². The molecule has 0 saturated carbocycles. The van der Waals surface area contributed by atoms with Crippen molar-refractivity contribution in [2.24, 2.45) is 0 Å². The number of rotatable bonds is 3. The molecule has 0 spiro atoms. The van der Waals surface area contributed by atoms with E-state index in [-0.39, 0.29) is 0 Å². The summed E-state index contributed by atoms with van der Waals surface area (Å²) in [5, 5.41) is 11.8. The molecule has 0 amide bonds. The van der Waals surface area contributed by atoms with Crippen LogP contribution in [0.5, 0.6) is 0 Å². The van der Waals surface area contributed by atoms with E-state index < -0.39 is 0 Å². The number of fused-ring (bicyclic) bond motifs is 10. The lowest BCUT2D eigenvalue weighted by molar-refractivity contribution is 0.669. The third-order valence-corrected chi connectivity index (χ3v) is 10.5. The molecule has 0 fully saturated rings. The molecule has 0 unspecified atom stereocenters. The minimum atomic E-state index is 0.894. The standard InChI is InChI=1S/C48H28O2/c1-2-12-29(13-3-1)30-22-25-38-40(26-30)46(31-23-24-34-33-15-8-10-20-42(33)49-44(34)27-31)36-17-6-7-18-37(36)47(38)41-28-45-48(35-16-5-4-14-32(35)41)39-19-9-11-21-43(39)50-45/h1-28H. The largest absolute Gasteiger partial charge is 0.456 e. The van der Waals surface area contributed by atoms with E-state index in [1.165, 1.54) is 60.1 Å². The zero-order valence-corrected chi connectivity index (χ0v) is 27.0. The van der Waals surface area contributed by atoms with Crippen molar-refractivity contribution >= 4 is 76.2 Å². The summed E-state index contributed by atoms with van der Waals surface area (Å²) in [5.74, 6) is 0. The molecule has 2 heterocycles. The lowest BCUT2D eigenvalue weighted by Gasteiger charge is -2.20. The van der Waals surface area contributed by atoms with Gasteiger partial charge in [-0.3, -0.25) is 0 Å². The van der Waals surface area contributed by atoms with E-state index >= 15 is 0 Å². The maximum absolute atomic E-state index is 6.57. The second-order valence-corrected chi connectivity index (χ2v) is 13.2. The Bertz CT molecular complexity index is 3140. The summed E-state index contributed by atoms with van der Waals surface area (Å²) < 4.78 is 13.0. The van der Waals surface area contributed by atoms with Gasteiger partial charge in [0, 0.05) is 21.5 Å². The molecule has 11 aromatic rings. The van der Waals surface area contributed by atoms with E-state index in [4.69, 9.17) is 8.83 Å². The van der Waals surface area contributed by atoms with E-state index in [2.05, 4.69) is 152 Å². The number of para-hydroxylation sites is 2. The Morgan fingerprint density at radius 2 is 0.800 bits per heavy atom. The topological polar surface area (TPSA) is 26.3 Å². The van der Waals surface area contributed by atoms with Crippen molar-refractivity contribution < 1.29 is 8.83 Å². The summed E-state index contributed by atoms with van der Waals surface area (Å²) in [4.78, 5) is 0. The summed E-state index contributed by atoms with van der Waals surface area (Å²) >= 11 is 0. The van der Waals surface area contributed by atoms with Crippen LogP contribution < -0.4 is 0 Å². The van der Waals surface area contributed by atoms with E-state index in [0.29, 0.717) is 0 Å².